The molecule has 0 saturated carbocycles. The van der Waals surface area contributed by atoms with Gasteiger partial charge in [-0.05, 0) is 30.3 Å². The van der Waals surface area contributed by atoms with Crippen molar-refractivity contribution in [2.24, 2.45) is 0 Å². The number of hydrogen-bond donors (Lipinski definition) is 0. The molecule has 0 fully saturated rings. The third-order valence-corrected chi connectivity index (χ3v) is 4.21. The van der Waals surface area contributed by atoms with E-state index in [-0.39, 0.29) is 5.82 Å². The smallest absolute Gasteiger partial charge is 0.143 e. The van der Waals surface area contributed by atoms with Crippen LogP contribution in [0.25, 0.3) is 31.8 Å². The van der Waals surface area contributed by atoms with Crippen LogP contribution in [0.5, 0.6) is 0 Å². The highest BCUT2D eigenvalue weighted by molar-refractivity contribution is 7.21. The van der Waals surface area contributed by atoms with Crippen LogP contribution in [0.1, 0.15) is 0 Å². The van der Waals surface area contributed by atoms with E-state index in [1.807, 2.05) is 36.4 Å². The molecule has 2 aromatic carbocycles. The van der Waals surface area contributed by atoms with E-state index in [4.69, 9.17) is 0 Å². The van der Waals surface area contributed by atoms with E-state index in [0.29, 0.717) is 0 Å². The summed E-state index contributed by atoms with van der Waals surface area (Å²) in [5.41, 5.74) is 2.57. The van der Waals surface area contributed by atoms with Crippen molar-refractivity contribution in [2.45, 2.75) is 0 Å². The Hall–Kier alpha value is -2.33. The first-order chi connectivity index (χ1) is 9.79. The second-order valence-corrected chi connectivity index (χ2v) is 5.55. The minimum Gasteiger partial charge on any atom is -0.245 e. The first kappa shape index (κ1) is 11.5. The molecule has 0 bridgehead atoms. The fourth-order valence-corrected chi connectivity index (χ4v) is 3.15. The molecular formula is C16H9FN2S. The number of thiazole rings is 1. The Morgan fingerprint density at radius 2 is 1.75 bits per heavy atom. The topological polar surface area (TPSA) is 25.8 Å². The van der Waals surface area contributed by atoms with E-state index in [9.17, 15) is 4.39 Å². The highest BCUT2D eigenvalue weighted by Gasteiger charge is 2.08. The van der Waals surface area contributed by atoms with E-state index in [1.54, 1.807) is 6.07 Å². The van der Waals surface area contributed by atoms with Crippen LogP contribution in [0.2, 0.25) is 0 Å². The van der Waals surface area contributed by atoms with Gasteiger partial charge in [0.1, 0.15) is 10.8 Å². The van der Waals surface area contributed by atoms with Crippen LogP contribution in [-0.4, -0.2) is 9.97 Å². The third kappa shape index (κ3) is 1.85. The number of aromatic nitrogens is 2. The molecule has 0 atom stereocenters. The van der Waals surface area contributed by atoms with Gasteiger partial charge in [0.15, 0.2) is 0 Å². The molecule has 0 aliphatic heterocycles. The van der Waals surface area contributed by atoms with Gasteiger partial charge in [-0.15, -0.1) is 11.3 Å². The first-order valence-electron chi connectivity index (χ1n) is 6.22. The van der Waals surface area contributed by atoms with Gasteiger partial charge >= 0.3 is 0 Å². The monoisotopic (exact) mass is 280 g/mol. The molecule has 0 aliphatic carbocycles. The maximum Gasteiger partial charge on any atom is 0.143 e. The highest BCUT2D eigenvalue weighted by Crippen LogP contribution is 2.30. The van der Waals surface area contributed by atoms with Gasteiger partial charge in [-0.1, -0.05) is 24.3 Å². The van der Waals surface area contributed by atoms with Gasteiger partial charge in [-0.2, -0.15) is 0 Å². The molecule has 2 heterocycles. The SMILES string of the molecule is Fc1ccc2nc(-c3ccc4ccccc4n3)sc2c1. The zero-order chi connectivity index (χ0) is 13.5. The zero-order valence-electron chi connectivity index (χ0n) is 10.4. The second kappa shape index (κ2) is 4.35. The Balaban J connectivity index is 1.91. The third-order valence-electron chi connectivity index (χ3n) is 3.17. The molecule has 2 aromatic heterocycles. The number of fused-ring (bicyclic) bond motifs is 2. The molecule has 0 unspecified atom stereocenters. The lowest BCUT2D eigenvalue weighted by Gasteiger charge is -1.99. The lowest BCUT2D eigenvalue weighted by Crippen LogP contribution is -1.83. The maximum atomic E-state index is 13.2. The molecule has 96 valence electrons. The van der Waals surface area contributed by atoms with Gasteiger partial charge in [-0.3, -0.25) is 0 Å². The number of benzene rings is 2. The molecule has 4 aromatic rings. The quantitative estimate of drug-likeness (QED) is 0.507. The van der Waals surface area contributed by atoms with Crippen molar-refractivity contribution >= 4 is 32.5 Å². The van der Waals surface area contributed by atoms with E-state index in [2.05, 4.69) is 9.97 Å². The largest absolute Gasteiger partial charge is 0.245 e. The van der Waals surface area contributed by atoms with Crippen molar-refractivity contribution in [1.82, 2.24) is 9.97 Å². The van der Waals surface area contributed by atoms with Crippen molar-refractivity contribution in [3.8, 4) is 10.7 Å². The van der Waals surface area contributed by atoms with Crippen LogP contribution in [0.3, 0.4) is 0 Å². The summed E-state index contributed by atoms with van der Waals surface area (Å²) in [4.78, 5) is 9.14. The molecule has 0 N–H and O–H groups in total. The minimum absolute atomic E-state index is 0.237. The van der Waals surface area contributed by atoms with Crippen LogP contribution in [-0.2, 0) is 0 Å². The lowest BCUT2D eigenvalue weighted by atomic mass is 10.2. The molecule has 4 heteroatoms. The predicted octanol–water partition coefficient (Wildman–Crippen LogP) is 4.65. The summed E-state index contributed by atoms with van der Waals surface area (Å²) >= 11 is 1.46. The van der Waals surface area contributed by atoms with Gasteiger partial charge in [-0.25, -0.2) is 14.4 Å². The second-order valence-electron chi connectivity index (χ2n) is 4.52. The highest BCUT2D eigenvalue weighted by atomic mass is 32.1. The van der Waals surface area contributed by atoms with Crippen molar-refractivity contribution in [3.63, 3.8) is 0 Å². The Kier molecular flexibility index (Phi) is 2.50. The Bertz CT molecular complexity index is 930. The summed E-state index contributed by atoms with van der Waals surface area (Å²) in [7, 11) is 0. The summed E-state index contributed by atoms with van der Waals surface area (Å²) in [6, 6.07) is 16.6. The van der Waals surface area contributed by atoms with Crippen LogP contribution >= 0.6 is 11.3 Å². The normalized spacial score (nSPS) is 11.2. The molecule has 0 aliphatic rings. The van der Waals surface area contributed by atoms with E-state index < -0.39 is 0 Å². The predicted molar refractivity (Wildman–Crippen MR) is 80.3 cm³/mol. The number of rotatable bonds is 1. The average molecular weight is 280 g/mol. The first-order valence-corrected chi connectivity index (χ1v) is 7.03. The number of halogens is 1. The summed E-state index contributed by atoms with van der Waals surface area (Å²) in [5, 5.41) is 1.92. The van der Waals surface area contributed by atoms with Crippen molar-refractivity contribution in [3.05, 3.63) is 60.4 Å². The van der Waals surface area contributed by atoms with E-state index >= 15 is 0 Å². The molecule has 0 spiro atoms. The molecule has 0 amide bonds. The van der Waals surface area contributed by atoms with Gasteiger partial charge < -0.3 is 0 Å². The zero-order valence-corrected chi connectivity index (χ0v) is 11.2. The number of para-hydroxylation sites is 1. The van der Waals surface area contributed by atoms with Crippen molar-refractivity contribution in [2.75, 3.05) is 0 Å². The van der Waals surface area contributed by atoms with Crippen molar-refractivity contribution in [1.29, 1.82) is 0 Å². The molecule has 0 saturated heterocycles. The molecule has 4 rings (SSSR count). The lowest BCUT2D eigenvalue weighted by molar-refractivity contribution is 0.630. The summed E-state index contributed by atoms with van der Waals surface area (Å²) < 4.78 is 14.1. The molecule has 20 heavy (non-hydrogen) atoms. The van der Waals surface area contributed by atoms with E-state index in [0.717, 1.165) is 31.8 Å². The van der Waals surface area contributed by atoms with Crippen LogP contribution in [0.15, 0.2) is 54.6 Å². The average Bonchev–Trinajstić information content (AvgIpc) is 2.89. The molecule has 0 radical (unpaired) electrons. The summed E-state index contributed by atoms with van der Waals surface area (Å²) in [6.07, 6.45) is 0. The maximum absolute atomic E-state index is 13.2. The fraction of sp³-hybridized carbons (Fsp3) is 0. The van der Waals surface area contributed by atoms with Crippen LogP contribution in [0, 0.1) is 5.82 Å². The summed E-state index contributed by atoms with van der Waals surface area (Å²) in [5.74, 6) is -0.237. The van der Waals surface area contributed by atoms with Gasteiger partial charge in [0.05, 0.1) is 21.4 Å². The van der Waals surface area contributed by atoms with Crippen LogP contribution in [0.4, 0.5) is 4.39 Å². The fourth-order valence-electron chi connectivity index (χ4n) is 2.19. The Labute approximate surface area is 118 Å². The van der Waals surface area contributed by atoms with Gasteiger partial charge in [0, 0.05) is 5.39 Å². The molecular weight excluding hydrogens is 271 g/mol. The summed E-state index contributed by atoms with van der Waals surface area (Å²) in [6.45, 7) is 0. The Morgan fingerprint density at radius 1 is 0.850 bits per heavy atom. The van der Waals surface area contributed by atoms with E-state index in [1.165, 1.54) is 23.5 Å². The van der Waals surface area contributed by atoms with Crippen molar-refractivity contribution < 1.29 is 4.39 Å². The minimum atomic E-state index is -0.237. The number of hydrogen-bond acceptors (Lipinski definition) is 3. The van der Waals surface area contributed by atoms with Crippen LogP contribution < -0.4 is 0 Å². The number of pyridine rings is 1. The van der Waals surface area contributed by atoms with Gasteiger partial charge in [0.25, 0.3) is 0 Å². The standard InChI is InChI=1S/C16H9FN2S/c17-11-6-8-13-15(9-11)20-16(19-13)14-7-5-10-3-1-2-4-12(10)18-14/h1-9H. The molecule has 2 nitrogen and oxygen atoms in total. The Morgan fingerprint density at radius 3 is 2.70 bits per heavy atom. The number of nitrogens with zero attached hydrogens (tertiary/aromatic N) is 2. The van der Waals surface area contributed by atoms with Gasteiger partial charge in [0.2, 0.25) is 0 Å².